The molecule has 36 heavy (non-hydrogen) atoms. The van der Waals surface area contributed by atoms with Crippen molar-refractivity contribution in [3.63, 3.8) is 0 Å². The van der Waals surface area contributed by atoms with Crippen LogP contribution in [0, 0.1) is 25.2 Å². The van der Waals surface area contributed by atoms with Crippen molar-refractivity contribution >= 4 is 40.9 Å². The molecule has 2 amide bonds. The highest BCUT2D eigenvalue weighted by Gasteiger charge is 2.16. The number of rotatable bonds is 9. The molecule has 2 N–H and O–H groups in total. The molecular weight excluding hydrogens is 478 g/mol. The molecule has 0 saturated carbocycles. The molecule has 0 aliphatic carbocycles. The van der Waals surface area contributed by atoms with Crippen molar-refractivity contribution in [1.82, 2.24) is 0 Å². The van der Waals surface area contributed by atoms with Crippen LogP contribution in [0.15, 0.2) is 66.2 Å². The Hall–Kier alpha value is -4.28. The van der Waals surface area contributed by atoms with Gasteiger partial charge in [-0.05, 0) is 68.3 Å². The predicted octanol–water partition coefficient (Wildman–Crippen LogP) is 5.92. The van der Waals surface area contributed by atoms with Crippen LogP contribution in [0.5, 0.6) is 11.5 Å². The van der Waals surface area contributed by atoms with E-state index in [0.717, 1.165) is 11.1 Å². The van der Waals surface area contributed by atoms with Crippen molar-refractivity contribution in [3.8, 4) is 17.6 Å². The molecule has 8 heteroatoms. The van der Waals surface area contributed by atoms with Gasteiger partial charge in [0, 0.05) is 11.4 Å². The number of hydrogen-bond acceptors (Lipinski definition) is 5. The van der Waals surface area contributed by atoms with Crippen molar-refractivity contribution in [3.05, 3.63) is 87.9 Å². The summed E-state index contributed by atoms with van der Waals surface area (Å²) >= 11 is 6.44. The SMILES string of the molecule is CCOc1cc(/C=C(\C#N)C(=O)Nc2ccccc2C)cc(Cl)c1OCC(=O)Nc1ccc(C)cc1. The van der Waals surface area contributed by atoms with Crippen LogP contribution in [0.4, 0.5) is 11.4 Å². The van der Waals surface area contributed by atoms with Crippen LogP contribution in [0.3, 0.4) is 0 Å². The predicted molar refractivity (Wildman–Crippen MR) is 141 cm³/mol. The third-order valence-electron chi connectivity index (χ3n) is 5.08. The number of benzene rings is 3. The highest BCUT2D eigenvalue weighted by molar-refractivity contribution is 6.32. The lowest BCUT2D eigenvalue weighted by Gasteiger charge is -2.15. The van der Waals surface area contributed by atoms with Crippen LogP contribution >= 0.6 is 11.6 Å². The fourth-order valence-corrected chi connectivity index (χ4v) is 3.54. The van der Waals surface area contributed by atoms with Gasteiger partial charge in [0.15, 0.2) is 18.1 Å². The van der Waals surface area contributed by atoms with Crippen LogP contribution in [0.25, 0.3) is 6.08 Å². The van der Waals surface area contributed by atoms with Crippen molar-refractivity contribution in [2.24, 2.45) is 0 Å². The van der Waals surface area contributed by atoms with Crippen LogP contribution in [0.1, 0.15) is 23.6 Å². The zero-order chi connectivity index (χ0) is 26.1. The first kappa shape index (κ1) is 26.3. The van der Waals surface area contributed by atoms with Gasteiger partial charge in [0.2, 0.25) is 0 Å². The molecule has 0 aliphatic rings. The quantitative estimate of drug-likeness (QED) is 0.279. The molecule has 0 fully saturated rings. The maximum atomic E-state index is 12.7. The van der Waals surface area contributed by atoms with Crippen LogP contribution in [-0.2, 0) is 9.59 Å². The van der Waals surface area contributed by atoms with Gasteiger partial charge in [-0.3, -0.25) is 9.59 Å². The zero-order valence-corrected chi connectivity index (χ0v) is 21.0. The van der Waals surface area contributed by atoms with E-state index in [2.05, 4.69) is 10.6 Å². The van der Waals surface area contributed by atoms with Gasteiger partial charge in [0.25, 0.3) is 11.8 Å². The third kappa shape index (κ3) is 7.11. The van der Waals surface area contributed by atoms with Crippen LogP contribution in [-0.4, -0.2) is 25.0 Å². The van der Waals surface area contributed by atoms with Gasteiger partial charge in [-0.2, -0.15) is 5.26 Å². The number of aryl methyl sites for hydroxylation is 2. The summed E-state index contributed by atoms with van der Waals surface area (Å²) in [6, 6.07) is 19.7. The minimum absolute atomic E-state index is 0.108. The number of halogens is 1. The summed E-state index contributed by atoms with van der Waals surface area (Å²) in [5, 5.41) is 15.2. The number of carbonyl (C=O) groups excluding carboxylic acids is 2. The molecular formula is C28H26ClN3O4. The fourth-order valence-electron chi connectivity index (χ4n) is 3.26. The molecule has 0 spiro atoms. The van der Waals surface area contributed by atoms with Crippen molar-refractivity contribution in [2.45, 2.75) is 20.8 Å². The average molecular weight is 504 g/mol. The Morgan fingerprint density at radius 2 is 1.75 bits per heavy atom. The monoisotopic (exact) mass is 503 g/mol. The fraction of sp³-hybridized carbons (Fsp3) is 0.179. The number of ether oxygens (including phenoxy) is 2. The number of nitrogens with one attached hydrogen (secondary N) is 2. The number of para-hydroxylation sites is 1. The van der Waals surface area contributed by atoms with E-state index in [1.807, 2.05) is 44.2 Å². The Morgan fingerprint density at radius 1 is 1.03 bits per heavy atom. The summed E-state index contributed by atoms with van der Waals surface area (Å²) < 4.78 is 11.3. The van der Waals surface area contributed by atoms with E-state index < -0.39 is 5.91 Å². The van der Waals surface area contributed by atoms with E-state index in [9.17, 15) is 14.9 Å². The number of amides is 2. The molecule has 0 radical (unpaired) electrons. The number of carbonyl (C=O) groups is 2. The van der Waals surface area contributed by atoms with Crippen molar-refractivity contribution in [2.75, 3.05) is 23.8 Å². The lowest BCUT2D eigenvalue weighted by Crippen LogP contribution is -2.20. The smallest absolute Gasteiger partial charge is 0.266 e. The second-order valence-corrected chi connectivity index (χ2v) is 8.31. The first-order valence-corrected chi connectivity index (χ1v) is 11.6. The zero-order valence-electron chi connectivity index (χ0n) is 20.2. The molecule has 7 nitrogen and oxygen atoms in total. The minimum Gasteiger partial charge on any atom is -0.490 e. The Morgan fingerprint density at radius 3 is 2.42 bits per heavy atom. The Kier molecular flexibility index (Phi) is 9.09. The summed E-state index contributed by atoms with van der Waals surface area (Å²) in [6.45, 7) is 5.64. The molecule has 0 bridgehead atoms. The topological polar surface area (TPSA) is 100 Å². The van der Waals surface area contributed by atoms with Crippen LogP contribution in [0.2, 0.25) is 5.02 Å². The Balaban J connectivity index is 1.77. The third-order valence-corrected chi connectivity index (χ3v) is 5.36. The summed E-state index contributed by atoms with van der Waals surface area (Å²) in [6.07, 6.45) is 1.41. The van der Waals surface area contributed by atoms with Gasteiger partial charge in [0.05, 0.1) is 11.6 Å². The molecule has 0 saturated heterocycles. The highest BCUT2D eigenvalue weighted by atomic mass is 35.5. The van der Waals surface area contributed by atoms with E-state index in [-0.39, 0.29) is 34.6 Å². The molecule has 3 aromatic carbocycles. The maximum Gasteiger partial charge on any atom is 0.266 e. The summed E-state index contributed by atoms with van der Waals surface area (Å²) in [5.41, 5.74) is 3.58. The average Bonchev–Trinajstić information content (AvgIpc) is 2.85. The maximum absolute atomic E-state index is 12.7. The second-order valence-electron chi connectivity index (χ2n) is 7.90. The van der Waals surface area contributed by atoms with Gasteiger partial charge in [-0.1, -0.05) is 47.5 Å². The van der Waals surface area contributed by atoms with Gasteiger partial charge in [-0.15, -0.1) is 0 Å². The first-order chi connectivity index (χ1) is 17.3. The van der Waals surface area contributed by atoms with E-state index in [4.69, 9.17) is 21.1 Å². The standard InChI is InChI=1S/C28H26ClN3O4/c1-4-35-25-15-20(13-21(16-30)28(34)32-24-8-6-5-7-19(24)3)14-23(29)27(25)36-17-26(33)31-22-11-9-18(2)10-12-22/h5-15H,4,17H2,1-3H3,(H,31,33)(H,32,34)/b21-13+. The lowest BCUT2D eigenvalue weighted by molar-refractivity contribution is -0.118. The molecule has 0 heterocycles. The lowest BCUT2D eigenvalue weighted by atomic mass is 10.1. The summed E-state index contributed by atoms with van der Waals surface area (Å²) in [5.74, 6) is -0.427. The minimum atomic E-state index is -0.547. The van der Waals surface area contributed by atoms with E-state index >= 15 is 0 Å². The first-order valence-electron chi connectivity index (χ1n) is 11.2. The highest BCUT2D eigenvalue weighted by Crippen LogP contribution is 2.37. The summed E-state index contributed by atoms with van der Waals surface area (Å²) in [4.78, 5) is 25.0. The largest absolute Gasteiger partial charge is 0.490 e. The Labute approximate surface area is 215 Å². The van der Waals surface area contributed by atoms with Gasteiger partial charge >= 0.3 is 0 Å². The number of nitriles is 1. The molecule has 3 rings (SSSR count). The van der Waals surface area contributed by atoms with Gasteiger partial charge in [0.1, 0.15) is 11.6 Å². The van der Waals surface area contributed by atoms with E-state index in [1.165, 1.54) is 12.1 Å². The summed E-state index contributed by atoms with van der Waals surface area (Å²) in [7, 11) is 0. The molecule has 0 aliphatic heterocycles. The van der Waals surface area contributed by atoms with E-state index in [0.29, 0.717) is 23.5 Å². The van der Waals surface area contributed by atoms with Gasteiger partial charge in [-0.25, -0.2) is 0 Å². The molecule has 0 atom stereocenters. The molecule has 184 valence electrons. The number of hydrogen-bond donors (Lipinski definition) is 2. The second kappa shape index (κ2) is 12.4. The molecule has 0 unspecified atom stereocenters. The van der Waals surface area contributed by atoms with E-state index in [1.54, 1.807) is 37.3 Å². The molecule has 0 aromatic heterocycles. The van der Waals surface area contributed by atoms with Gasteiger partial charge < -0.3 is 20.1 Å². The number of anilines is 2. The van der Waals surface area contributed by atoms with Crippen molar-refractivity contribution in [1.29, 1.82) is 5.26 Å². The Bertz CT molecular complexity index is 1330. The normalized spacial score (nSPS) is 10.8. The van der Waals surface area contributed by atoms with Crippen LogP contribution < -0.4 is 20.1 Å². The molecule has 3 aromatic rings. The number of nitrogens with zero attached hydrogens (tertiary/aromatic N) is 1. The van der Waals surface area contributed by atoms with Crippen molar-refractivity contribution < 1.29 is 19.1 Å².